The molecular weight excluding hydrogens is 470 g/mol. The quantitative estimate of drug-likeness (QED) is 0.236. The summed E-state index contributed by atoms with van der Waals surface area (Å²) < 4.78 is 53.2. The summed E-state index contributed by atoms with van der Waals surface area (Å²) in [4.78, 5) is 38.1. The van der Waals surface area contributed by atoms with Gasteiger partial charge in [0.05, 0.1) is 19.0 Å². The van der Waals surface area contributed by atoms with Crippen molar-refractivity contribution in [2.45, 2.75) is 24.9 Å². The molecule has 2 radical (unpaired) electrons. The first-order valence-corrected chi connectivity index (χ1v) is 12.5. The average molecular weight is 485 g/mol. The van der Waals surface area contributed by atoms with Crippen molar-refractivity contribution in [1.29, 1.82) is 0 Å². The molecular formula is C10H15BN5O11P3. The van der Waals surface area contributed by atoms with Crippen LogP contribution in [0.5, 0.6) is 0 Å². The molecule has 0 bridgehead atoms. The van der Waals surface area contributed by atoms with Crippen LogP contribution < -0.4 is 5.73 Å². The molecule has 1 aliphatic heterocycles. The zero-order valence-electron chi connectivity index (χ0n) is 14.7. The molecule has 2 aromatic heterocycles. The molecule has 1 aliphatic rings. The average Bonchev–Trinajstić information content (AvgIpc) is 3.13. The second-order valence-corrected chi connectivity index (χ2v) is 10.6. The number of imidazole rings is 1. The van der Waals surface area contributed by atoms with Gasteiger partial charge in [0.2, 0.25) is 7.57 Å². The summed E-state index contributed by atoms with van der Waals surface area (Å²) in [6.07, 6.45) is -0.452. The normalized spacial score (nSPS) is 26.5. The Morgan fingerprint density at radius 2 is 1.93 bits per heavy atom. The zero-order chi connectivity index (χ0) is 22.3. The molecule has 0 aromatic carbocycles. The summed E-state index contributed by atoms with van der Waals surface area (Å²) >= 11 is 0. The Morgan fingerprint density at radius 3 is 2.60 bits per heavy atom. The summed E-state index contributed by atoms with van der Waals surface area (Å²) in [6.45, 7) is -0.568. The van der Waals surface area contributed by atoms with Crippen LogP contribution in [0.2, 0.25) is 0 Å². The smallest absolute Gasteiger partial charge is 0.388 e. The SMILES string of the molecule is [B]P(=O)(OCC1CC(O)C(n2cnc3c(N)ncnc32)O1)OP(=O)(O)OP(=O)(O)O. The second-order valence-electron chi connectivity index (χ2n) is 5.99. The van der Waals surface area contributed by atoms with Crippen molar-refractivity contribution in [3.05, 3.63) is 12.7 Å². The summed E-state index contributed by atoms with van der Waals surface area (Å²) in [5, 5.41) is 10.3. The predicted molar refractivity (Wildman–Crippen MR) is 97.6 cm³/mol. The topological polar surface area (TPSA) is 239 Å². The van der Waals surface area contributed by atoms with Crippen LogP contribution in [0.25, 0.3) is 11.2 Å². The van der Waals surface area contributed by atoms with Gasteiger partial charge in [0, 0.05) is 6.42 Å². The molecule has 6 N–H and O–H groups in total. The number of nitrogens with zero attached hydrogens (tertiary/aromatic N) is 4. The first kappa shape index (κ1) is 23.4. The Balaban J connectivity index is 1.63. The lowest BCUT2D eigenvalue weighted by Crippen LogP contribution is -2.19. The van der Waals surface area contributed by atoms with Gasteiger partial charge in [-0.05, 0) is 0 Å². The van der Waals surface area contributed by atoms with E-state index in [1.807, 2.05) is 0 Å². The molecule has 2 aromatic rings. The Bertz CT molecular complexity index is 1080. The summed E-state index contributed by atoms with van der Waals surface area (Å²) in [6, 6.07) is 0. The van der Waals surface area contributed by atoms with Crippen LogP contribution >= 0.6 is 23.1 Å². The minimum atomic E-state index is -5.50. The highest BCUT2D eigenvalue weighted by molar-refractivity contribution is 7.84. The molecule has 20 heteroatoms. The van der Waals surface area contributed by atoms with Gasteiger partial charge in [-0.15, -0.1) is 0 Å². The molecule has 164 valence electrons. The molecule has 3 heterocycles. The number of anilines is 1. The van der Waals surface area contributed by atoms with Crippen molar-refractivity contribution >= 4 is 47.7 Å². The third-order valence-corrected chi connectivity index (χ3v) is 7.61. The van der Waals surface area contributed by atoms with Gasteiger partial charge in [-0.25, -0.2) is 28.4 Å². The Labute approximate surface area is 169 Å². The minimum absolute atomic E-state index is 0.0271. The van der Waals surface area contributed by atoms with Gasteiger partial charge in [0.1, 0.15) is 17.9 Å². The molecule has 3 rings (SSSR count). The van der Waals surface area contributed by atoms with Gasteiger partial charge < -0.3 is 34.8 Å². The number of rotatable bonds is 8. The summed E-state index contributed by atoms with van der Waals surface area (Å²) in [5.41, 5.74) is 6.28. The number of hydrogen-bond acceptors (Lipinski definition) is 12. The van der Waals surface area contributed by atoms with Crippen molar-refractivity contribution in [3.63, 3.8) is 0 Å². The molecule has 5 atom stereocenters. The maximum atomic E-state index is 12.0. The minimum Gasteiger partial charge on any atom is -0.388 e. The number of aliphatic hydroxyl groups is 1. The van der Waals surface area contributed by atoms with E-state index >= 15 is 0 Å². The Hall–Kier alpha value is -1.22. The lowest BCUT2D eigenvalue weighted by Gasteiger charge is -2.20. The van der Waals surface area contributed by atoms with Gasteiger partial charge in [-0.3, -0.25) is 9.13 Å². The highest BCUT2D eigenvalue weighted by atomic mass is 31.3. The number of hydrogen-bond donors (Lipinski definition) is 5. The number of fused-ring (bicyclic) bond motifs is 1. The number of aliphatic hydroxyl groups excluding tert-OH is 1. The molecule has 5 unspecified atom stereocenters. The summed E-state index contributed by atoms with van der Waals surface area (Å²) in [7, 11) is -10.6. The lowest BCUT2D eigenvalue weighted by atomic mass is 10.2. The fraction of sp³-hybridized carbons (Fsp3) is 0.500. The van der Waals surface area contributed by atoms with Crippen molar-refractivity contribution in [2.24, 2.45) is 0 Å². The van der Waals surface area contributed by atoms with Gasteiger partial charge in [0.15, 0.2) is 17.7 Å². The largest absolute Gasteiger partial charge is 0.487 e. The van der Waals surface area contributed by atoms with Crippen molar-refractivity contribution in [3.8, 4) is 0 Å². The fourth-order valence-electron chi connectivity index (χ4n) is 2.65. The molecule has 0 saturated carbocycles. The van der Waals surface area contributed by atoms with Crippen molar-refractivity contribution in [2.75, 3.05) is 12.3 Å². The van der Waals surface area contributed by atoms with Crippen LogP contribution in [0, 0.1) is 0 Å². The maximum absolute atomic E-state index is 12.0. The van der Waals surface area contributed by atoms with Crippen LogP contribution in [0.1, 0.15) is 12.6 Å². The number of ether oxygens (including phenoxy) is 1. The van der Waals surface area contributed by atoms with E-state index in [1.165, 1.54) is 17.2 Å². The fourth-order valence-corrected chi connectivity index (χ4v) is 5.82. The van der Waals surface area contributed by atoms with Gasteiger partial charge >= 0.3 is 15.6 Å². The van der Waals surface area contributed by atoms with Crippen LogP contribution in [0.3, 0.4) is 0 Å². The van der Waals surface area contributed by atoms with E-state index in [4.69, 9.17) is 32.3 Å². The number of nitrogen functional groups attached to an aromatic ring is 1. The highest BCUT2D eigenvalue weighted by Crippen LogP contribution is 2.66. The van der Waals surface area contributed by atoms with E-state index in [1.54, 1.807) is 0 Å². The molecule has 16 nitrogen and oxygen atoms in total. The standard InChI is InChI=1S/C10H15BN5O11P3/c11-28(18,26-30(22,23)27-29(19,20)21)24-2-5-1-6(17)10(25-5)16-4-15-7-8(12)13-3-14-9(7)16/h3-6,10,17H,1-2H2,(H,22,23)(H2,12,13,14)(H2,19,20,21). The van der Waals surface area contributed by atoms with E-state index in [0.29, 0.717) is 0 Å². The molecule has 0 amide bonds. The number of phosphoric acid groups is 2. The van der Waals surface area contributed by atoms with Gasteiger partial charge in [-0.1, -0.05) is 0 Å². The molecule has 1 saturated heterocycles. The molecule has 0 spiro atoms. The number of aromatic nitrogens is 4. The highest BCUT2D eigenvalue weighted by Gasteiger charge is 2.40. The Kier molecular flexibility index (Phi) is 6.55. The second kappa shape index (κ2) is 8.38. The third-order valence-electron chi connectivity index (χ3n) is 3.69. The monoisotopic (exact) mass is 485 g/mol. The van der Waals surface area contributed by atoms with Gasteiger partial charge in [-0.2, -0.15) is 4.31 Å². The van der Waals surface area contributed by atoms with Crippen LogP contribution in [-0.4, -0.2) is 65.7 Å². The molecule has 1 fully saturated rings. The first-order chi connectivity index (χ1) is 13.8. The van der Waals surface area contributed by atoms with E-state index < -0.39 is 48.2 Å². The van der Waals surface area contributed by atoms with Crippen LogP contribution in [-0.2, 0) is 31.6 Å². The van der Waals surface area contributed by atoms with E-state index in [-0.39, 0.29) is 23.4 Å². The van der Waals surface area contributed by atoms with Crippen LogP contribution in [0.15, 0.2) is 12.7 Å². The van der Waals surface area contributed by atoms with Gasteiger partial charge in [0.25, 0.3) is 7.47 Å². The summed E-state index contributed by atoms with van der Waals surface area (Å²) in [5.74, 6) is 0.123. The maximum Gasteiger partial charge on any atom is 0.487 e. The van der Waals surface area contributed by atoms with Crippen LogP contribution in [0.4, 0.5) is 5.82 Å². The Morgan fingerprint density at radius 1 is 1.23 bits per heavy atom. The van der Waals surface area contributed by atoms with Crippen molar-refractivity contribution < 1.29 is 51.4 Å². The molecule has 0 aliphatic carbocycles. The first-order valence-electron chi connectivity index (χ1n) is 7.87. The van der Waals surface area contributed by atoms with E-state index in [0.717, 1.165) is 0 Å². The third kappa shape index (κ3) is 5.72. The molecule has 30 heavy (non-hydrogen) atoms. The van der Waals surface area contributed by atoms with Crippen molar-refractivity contribution in [1.82, 2.24) is 19.5 Å². The van der Waals surface area contributed by atoms with E-state index in [2.05, 4.69) is 23.6 Å². The zero-order valence-corrected chi connectivity index (χ0v) is 17.4. The lowest BCUT2D eigenvalue weighted by molar-refractivity contribution is -0.0461. The number of nitrogens with two attached hydrogens (primary N) is 1. The predicted octanol–water partition coefficient (Wildman–Crippen LogP) is -0.424. The van der Waals surface area contributed by atoms with E-state index in [9.17, 15) is 23.7 Å².